The van der Waals surface area contributed by atoms with Gasteiger partial charge in [0.15, 0.2) is 6.61 Å². The molecular formula is C30H34Cl2N2O3. The molecule has 0 bridgehead atoms. The molecule has 0 fully saturated rings. The summed E-state index contributed by atoms with van der Waals surface area (Å²) in [5.41, 5.74) is 2.56. The molecule has 1 N–H and O–H groups in total. The Morgan fingerprint density at radius 1 is 0.919 bits per heavy atom. The Hall–Kier alpha value is -3.02. The Labute approximate surface area is 229 Å². The van der Waals surface area contributed by atoms with E-state index in [4.69, 9.17) is 27.9 Å². The van der Waals surface area contributed by atoms with Crippen LogP contribution in [0.3, 0.4) is 0 Å². The molecule has 0 radical (unpaired) electrons. The third kappa shape index (κ3) is 7.98. The molecule has 0 aliphatic heterocycles. The van der Waals surface area contributed by atoms with Crippen LogP contribution in [0.2, 0.25) is 10.0 Å². The Morgan fingerprint density at radius 3 is 2.24 bits per heavy atom. The quantitative estimate of drug-likeness (QED) is 0.321. The van der Waals surface area contributed by atoms with Crippen LogP contribution in [0, 0.1) is 0 Å². The van der Waals surface area contributed by atoms with E-state index in [0.717, 1.165) is 16.7 Å². The number of nitrogens with zero attached hydrogens (tertiary/aromatic N) is 1. The van der Waals surface area contributed by atoms with Gasteiger partial charge in [0.05, 0.1) is 10.0 Å². The summed E-state index contributed by atoms with van der Waals surface area (Å²) < 4.78 is 6.06. The summed E-state index contributed by atoms with van der Waals surface area (Å²) >= 11 is 12.4. The summed E-state index contributed by atoms with van der Waals surface area (Å²) in [5.74, 6) is 0.118. The molecule has 3 rings (SSSR count). The standard InChI is InChI=1S/C30H34Cl2N2O3/c1-5-33-29(36)26(18-21-11-7-6-8-12-21)34(19-22-15-16-24(31)25(32)17-22)28(35)20-37-27-14-10-9-13-23(27)30(2,3)4/h6-17,26H,5,18-20H2,1-4H3,(H,33,36). The first kappa shape index (κ1) is 28.5. The third-order valence-electron chi connectivity index (χ3n) is 6.01. The van der Waals surface area contributed by atoms with E-state index >= 15 is 0 Å². The molecule has 0 aliphatic carbocycles. The van der Waals surface area contributed by atoms with Crippen molar-refractivity contribution in [1.82, 2.24) is 10.2 Å². The summed E-state index contributed by atoms with van der Waals surface area (Å²) in [7, 11) is 0. The van der Waals surface area contributed by atoms with E-state index in [1.54, 1.807) is 17.0 Å². The number of para-hydroxylation sites is 1. The Kier molecular flexibility index (Phi) is 10.0. The second-order valence-corrected chi connectivity index (χ2v) is 10.7. The first-order valence-corrected chi connectivity index (χ1v) is 13.1. The van der Waals surface area contributed by atoms with Crippen LogP contribution in [0.5, 0.6) is 5.75 Å². The highest BCUT2D eigenvalue weighted by Crippen LogP contribution is 2.31. The predicted octanol–water partition coefficient (Wildman–Crippen LogP) is 6.45. The lowest BCUT2D eigenvalue weighted by molar-refractivity contribution is -0.142. The van der Waals surface area contributed by atoms with Crippen LogP contribution in [0.4, 0.5) is 0 Å². The number of carbonyl (C=O) groups excluding carboxylic acids is 2. The number of ether oxygens (including phenoxy) is 1. The van der Waals surface area contributed by atoms with Crippen LogP contribution >= 0.6 is 23.2 Å². The molecule has 0 heterocycles. The zero-order valence-electron chi connectivity index (χ0n) is 21.8. The fraction of sp³-hybridized carbons (Fsp3) is 0.333. The maximum atomic E-state index is 13.7. The van der Waals surface area contributed by atoms with Crippen molar-refractivity contribution in [2.24, 2.45) is 0 Å². The Morgan fingerprint density at radius 2 is 1.59 bits per heavy atom. The van der Waals surface area contributed by atoms with Gasteiger partial charge in [-0.1, -0.05) is 98.6 Å². The van der Waals surface area contributed by atoms with Crippen molar-refractivity contribution in [2.45, 2.75) is 52.1 Å². The van der Waals surface area contributed by atoms with Crippen LogP contribution in [-0.2, 0) is 28.0 Å². The minimum Gasteiger partial charge on any atom is -0.483 e. The van der Waals surface area contributed by atoms with Gasteiger partial charge < -0.3 is 15.0 Å². The van der Waals surface area contributed by atoms with Crippen LogP contribution in [0.1, 0.15) is 44.4 Å². The van der Waals surface area contributed by atoms with Crippen molar-refractivity contribution in [3.05, 3.63) is 99.5 Å². The number of nitrogens with one attached hydrogen (secondary N) is 1. The highest BCUT2D eigenvalue weighted by Gasteiger charge is 2.31. The summed E-state index contributed by atoms with van der Waals surface area (Å²) in [5, 5.41) is 3.70. The highest BCUT2D eigenvalue weighted by atomic mass is 35.5. The van der Waals surface area contributed by atoms with E-state index in [0.29, 0.717) is 28.8 Å². The molecule has 0 spiro atoms. The smallest absolute Gasteiger partial charge is 0.261 e. The molecule has 0 saturated heterocycles. The average Bonchev–Trinajstić information content (AvgIpc) is 2.87. The van der Waals surface area contributed by atoms with Crippen molar-refractivity contribution in [3.8, 4) is 5.75 Å². The number of likely N-dealkylation sites (N-methyl/N-ethyl adjacent to an activating group) is 1. The lowest BCUT2D eigenvalue weighted by Gasteiger charge is -2.32. The van der Waals surface area contributed by atoms with Crippen molar-refractivity contribution in [3.63, 3.8) is 0 Å². The van der Waals surface area contributed by atoms with Gasteiger partial charge in [0.1, 0.15) is 11.8 Å². The number of carbonyl (C=O) groups is 2. The van der Waals surface area contributed by atoms with E-state index in [9.17, 15) is 9.59 Å². The van der Waals surface area contributed by atoms with Crippen molar-refractivity contribution in [2.75, 3.05) is 13.2 Å². The molecule has 0 aromatic heterocycles. The van der Waals surface area contributed by atoms with Gasteiger partial charge >= 0.3 is 0 Å². The van der Waals surface area contributed by atoms with E-state index < -0.39 is 6.04 Å². The minimum atomic E-state index is -0.745. The lowest BCUT2D eigenvalue weighted by atomic mass is 9.86. The maximum absolute atomic E-state index is 13.7. The fourth-order valence-corrected chi connectivity index (χ4v) is 4.44. The second-order valence-electron chi connectivity index (χ2n) is 9.91. The number of hydrogen-bond acceptors (Lipinski definition) is 3. The Bertz CT molecular complexity index is 1210. The van der Waals surface area contributed by atoms with Crippen molar-refractivity contribution in [1.29, 1.82) is 0 Å². The molecule has 7 heteroatoms. The van der Waals surface area contributed by atoms with E-state index in [1.807, 2.05) is 67.6 Å². The van der Waals surface area contributed by atoms with E-state index in [-0.39, 0.29) is 30.4 Å². The van der Waals surface area contributed by atoms with Crippen molar-refractivity contribution < 1.29 is 14.3 Å². The van der Waals surface area contributed by atoms with Crippen LogP contribution < -0.4 is 10.1 Å². The van der Waals surface area contributed by atoms with E-state index in [1.165, 1.54) is 0 Å². The third-order valence-corrected chi connectivity index (χ3v) is 6.74. The topological polar surface area (TPSA) is 58.6 Å². The summed E-state index contributed by atoms with van der Waals surface area (Å²) in [4.78, 5) is 28.6. The predicted molar refractivity (Wildman–Crippen MR) is 150 cm³/mol. The summed E-state index contributed by atoms with van der Waals surface area (Å²) in [6, 6.07) is 21.8. The van der Waals surface area contributed by atoms with Gasteiger partial charge in [0.25, 0.3) is 5.91 Å². The first-order valence-electron chi connectivity index (χ1n) is 12.4. The number of amides is 2. The first-order chi connectivity index (χ1) is 17.6. The number of halogens is 2. The van der Waals surface area contributed by atoms with Crippen molar-refractivity contribution >= 4 is 35.0 Å². The van der Waals surface area contributed by atoms with E-state index in [2.05, 4.69) is 26.1 Å². The molecule has 0 aliphatic rings. The number of benzene rings is 3. The molecule has 1 unspecified atom stereocenters. The highest BCUT2D eigenvalue weighted by molar-refractivity contribution is 6.42. The van der Waals surface area contributed by atoms with Gasteiger partial charge in [0.2, 0.25) is 5.91 Å². The lowest BCUT2D eigenvalue weighted by Crippen LogP contribution is -2.51. The van der Waals surface area contributed by atoms with Gasteiger partial charge in [-0.05, 0) is 47.2 Å². The zero-order chi connectivity index (χ0) is 27.0. The molecular weight excluding hydrogens is 507 g/mol. The number of hydrogen-bond donors (Lipinski definition) is 1. The SMILES string of the molecule is CCNC(=O)C(Cc1ccccc1)N(Cc1ccc(Cl)c(Cl)c1)C(=O)COc1ccccc1C(C)(C)C. The molecule has 3 aromatic carbocycles. The molecule has 196 valence electrons. The molecule has 3 aromatic rings. The van der Waals surface area contributed by atoms with Crippen LogP contribution in [0.15, 0.2) is 72.8 Å². The van der Waals surface area contributed by atoms with Crippen LogP contribution in [0.25, 0.3) is 0 Å². The minimum absolute atomic E-state index is 0.157. The van der Waals surface area contributed by atoms with Crippen LogP contribution in [-0.4, -0.2) is 35.9 Å². The molecule has 37 heavy (non-hydrogen) atoms. The molecule has 0 saturated carbocycles. The Balaban J connectivity index is 1.94. The normalized spacial score (nSPS) is 12.1. The van der Waals surface area contributed by atoms with Gasteiger partial charge in [-0.3, -0.25) is 9.59 Å². The zero-order valence-corrected chi connectivity index (χ0v) is 23.3. The largest absolute Gasteiger partial charge is 0.483 e. The summed E-state index contributed by atoms with van der Waals surface area (Å²) in [6.07, 6.45) is 0.359. The second kappa shape index (κ2) is 13.0. The number of rotatable bonds is 10. The fourth-order valence-electron chi connectivity index (χ4n) is 4.12. The van der Waals surface area contributed by atoms with Gasteiger partial charge in [0, 0.05) is 19.5 Å². The molecule has 5 nitrogen and oxygen atoms in total. The summed E-state index contributed by atoms with van der Waals surface area (Å²) in [6.45, 7) is 8.56. The van der Waals surface area contributed by atoms with Gasteiger partial charge in [-0.25, -0.2) is 0 Å². The molecule has 2 amide bonds. The average molecular weight is 542 g/mol. The molecule has 1 atom stereocenters. The van der Waals surface area contributed by atoms with Gasteiger partial charge in [-0.2, -0.15) is 0 Å². The monoisotopic (exact) mass is 540 g/mol. The van der Waals surface area contributed by atoms with Gasteiger partial charge in [-0.15, -0.1) is 0 Å². The maximum Gasteiger partial charge on any atom is 0.261 e.